The second-order valence-electron chi connectivity index (χ2n) is 0.577. The molecule has 0 unspecified atom stereocenters. The zero-order valence-corrected chi connectivity index (χ0v) is 4.11. The molecular formula is C3H7Si-. The Morgan fingerprint density at radius 1 is 2.00 bits per heavy atom. The summed E-state index contributed by atoms with van der Waals surface area (Å²) in [5, 5.41) is 0. The summed E-state index contributed by atoms with van der Waals surface area (Å²) in [7, 11) is 1.90. The molecule has 0 N–H and O–H groups in total. The largest absolute Gasteiger partial charge is 0.292 e. The van der Waals surface area contributed by atoms with E-state index in [1.165, 1.54) is 0 Å². The van der Waals surface area contributed by atoms with Crippen LogP contribution in [0.15, 0.2) is 12.7 Å². The highest BCUT2D eigenvalue weighted by Gasteiger charge is 1.34. The van der Waals surface area contributed by atoms with E-state index in [-0.39, 0.29) is 0 Å². The van der Waals surface area contributed by atoms with E-state index in [1.54, 1.807) is 0 Å². The van der Waals surface area contributed by atoms with Crippen molar-refractivity contribution in [3.8, 4) is 0 Å². The SMILES string of the molecule is C=CC[SiH2-]. The lowest BCUT2D eigenvalue weighted by molar-refractivity contribution is 1.76. The predicted octanol–water partition coefficient (Wildman–Crippen LogP) is 0.224. The highest BCUT2D eigenvalue weighted by molar-refractivity contribution is 6.09. The number of hydrogen-bond donors (Lipinski definition) is 0. The molecule has 0 rings (SSSR count). The summed E-state index contributed by atoms with van der Waals surface area (Å²) < 4.78 is 0. The van der Waals surface area contributed by atoms with Crippen LogP contribution in [0.1, 0.15) is 0 Å². The fraction of sp³-hybridized carbons (Fsp3) is 0.333. The van der Waals surface area contributed by atoms with E-state index in [2.05, 4.69) is 6.58 Å². The average molecular weight is 71.2 g/mol. The molecule has 1 heteroatoms. The molecule has 4 heavy (non-hydrogen) atoms. The molecule has 0 fully saturated rings. The molecule has 0 aromatic carbocycles. The van der Waals surface area contributed by atoms with Crippen LogP contribution >= 0.6 is 0 Å². The third kappa shape index (κ3) is 1.96. The van der Waals surface area contributed by atoms with Crippen LogP contribution in [0.25, 0.3) is 0 Å². The molecule has 0 aliphatic carbocycles. The fourth-order valence-corrected chi connectivity index (χ4v) is 0. The highest BCUT2D eigenvalue weighted by atomic mass is 28.1. The molecule has 0 amide bonds. The summed E-state index contributed by atoms with van der Waals surface area (Å²) in [6.45, 7) is 3.49. The van der Waals surface area contributed by atoms with Gasteiger partial charge < -0.3 is 0 Å². The Balaban J connectivity index is 2.30. The zero-order chi connectivity index (χ0) is 3.41. The van der Waals surface area contributed by atoms with Gasteiger partial charge in [-0.3, -0.25) is 10.2 Å². The number of hydrogen-bond acceptors (Lipinski definition) is 0. The summed E-state index contributed by atoms with van der Waals surface area (Å²) in [5.74, 6) is 0. The predicted molar refractivity (Wildman–Crippen MR) is 23.5 cm³/mol. The van der Waals surface area contributed by atoms with E-state index >= 15 is 0 Å². The van der Waals surface area contributed by atoms with Crippen LogP contribution < -0.4 is 0 Å². The minimum absolute atomic E-state index is 1.11. The van der Waals surface area contributed by atoms with E-state index in [9.17, 15) is 0 Å². The zero-order valence-electron chi connectivity index (χ0n) is 2.70. The maximum atomic E-state index is 3.49. The molecule has 0 atom stereocenters. The number of rotatable bonds is 1. The van der Waals surface area contributed by atoms with Gasteiger partial charge in [0.1, 0.15) is 0 Å². The van der Waals surface area contributed by atoms with Gasteiger partial charge in [-0.1, -0.05) is 0 Å². The lowest BCUT2D eigenvalue weighted by Gasteiger charge is -1.69. The molecule has 0 bridgehead atoms. The smallest absolute Gasteiger partial charge is 0.106 e. The van der Waals surface area contributed by atoms with Crippen LogP contribution in [0.3, 0.4) is 0 Å². The van der Waals surface area contributed by atoms with Gasteiger partial charge >= 0.3 is 0 Å². The lowest BCUT2D eigenvalue weighted by Crippen LogP contribution is -1.47. The highest BCUT2D eigenvalue weighted by Crippen LogP contribution is 1.61. The van der Waals surface area contributed by atoms with Crippen molar-refractivity contribution in [1.29, 1.82) is 0 Å². The Morgan fingerprint density at radius 3 is 2.25 bits per heavy atom. The minimum atomic E-state index is 1.11. The molecular weight excluding hydrogens is 64.1 g/mol. The van der Waals surface area contributed by atoms with Crippen molar-refractivity contribution < 1.29 is 0 Å². The summed E-state index contributed by atoms with van der Waals surface area (Å²) in [5.41, 5.74) is 0. The second kappa shape index (κ2) is 2.96. The Kier molecular flexibility index (Phi) is 2.93. The molecule has 0 aliphatic rings. The molecule has 0 radical (unpaired) electrons. The van der Waals surface area contributed by atoms with Crippen molar-refractivity contribution in [3.63, 3.8) is 0 Å². The van der Waals surface area contributed by atoms with Gasteiger partial charge in [-0.15, -0.1) is 12.7 Å². The third-order valence-corrected chi connectivity index (χ3v) is 0.612. The Morgan fingerprint density at radius 2 is 2.25 bits per heavy atom. The topological polar surface area (TPSA) is 0 Å². The first kappa shape index (κ1) is 3.96. The van der Waals surface area contributed by atoms with Crippen molar-refractivity contribution in [2.45, 2.75) is 6.04 Å². The first-order valence-electron chi connectivity index (χ1n) is 1.32. The summed E-state index contributed by atoms with van der Waals surface area (Å²) >= 11 is 0. The van der Waals surface area contributed by atoms with Crippen LogP contribution in [0.5, 0.6) is 0 Å². The molecule has 0 nitrogen and oxygen atoms in total. The standard InChI is InChI=1S/C3H7Si/c1-2-3-4/h2H,1,3-4H2/q-1. The van der Waals surface area contributed by atoms with Crippen LogP contribution in [-0.4, -0.2) is 10.2 Å². The summed E-state index contributed by atoms with van der Waals surface area (Å²) in [6, 6.07) is 1.11. The van der Waals surface area contributed by atoms with Gasteiger partial charge in [0, 0.05) is 0 Å². The van der Waals surface area contributed by atoms with E-state index in [0.29, 0.717) is 0 Å². The summed E-state index contributed by atoms with van der Waals surface area (Å²) in [6.07, 6.45) is 1.89. The Hall–Kier alpha value is -0.0431. The van der Waals surface area contributed by atoms with Crippen molar-refractivity contribution in [1.82, 2.24) is 0 Å². The van der Waals surface area contributed by atoms with Crippen LogP contribution in [0, 0.1) is 0 Å². The van der Waals surface area contributed by atoms with Gasteiger partial charge in [-0.05, 0) is 0 Å². The van der Waals surface area contributed by atoms with Crippen molar-refractivity contribution >= 4 is 10.2 Å². The van der Waals surface area contributed by atoms with Crippen molar-refractivity contribution in [2.75, 3.05) is 0 Å². The van der Waals surface area contributed by atoms with E-state index in [4.69, 9.17) is 0 Å². The fourth-order valence-electron chi connectivity index (χ4n) is 0. The van der Waals surface area contributed by atoms with Crippen LogP contribution in [0.2, 0.25) is 6.04 Å². The molecule has 0 aromatic rings. The molecule has 0 saturated carbocycles. The lowest BCUT2D eigenvalue weighted by atomic mass is 10.8. The van der Waals surface area contributed by atoms with E-state index in [0.717, 1.165) is 6.04 Å². The molecule has 0 saturated heterocycles. The second-order valence-corrected chi connectivity index (χ2v) is 1.15. The van der Waals surface area contributed by atoms with Crippen LogP contribution in [0.4, 0.5) is 0 Å². The van der Waals surface area contributed by atoms with Gasteiger partial charge in [0.15, 0.2) is 0 Å². The molecule has 0 spiro atoms. The Labute approximate surface area is 30.0 Å². The van der Waals surface area contributed by atoms with Gasteiger partial charge in [0.2, 0.25) is 0 Å². The minimum Gasteiger partial charge on any atom is -0.292 e. The third-order valence-electron chi connectivity index (χ3n) is 0.204. The average Bonchev–Trinajstić information content (AvgIpc) is 1.37. The monoisotopic (exact) mass is 71.0 g/mol. The maximum absolute atomic E-state index is 3.49. The first-order valence-corrected chi connectivity index (χ1v) is 2.32. The Bertz CT molecular complexity index is 17.2. The van der Waals surface area contributed by atoms with Gasteiger partial charge in [0.05, 0.1) is 0 Å². The quantitative estimate of drug-likeness (QED) is 0.306. The molecule has 0 aromatic heterocycles. The van der Waals surface area contributed by atoms with Gasteiger partial charge in [-0.25, -0.2) is 0 Å². The van der Waals surface area contributed by atoms with Crippen LogP contribution in [-0.2, 0) is 0 Å². The normalized spacial score (nSPS) is 6.25. The van der Waals surface area contributed by atoms with Gasteiger partial charge in [-0.2, -0.15) is 6.04 Å². The molecule has 24 valence electrons. The van der Waals surface area contributed by atoms with E-state index < -0.39 is 0 Å². The first-order chi connectivity index (χ1) is 1.91. The van der Waals surface area contributed by atoms with Gasteiger partial charge in [0.25, 0.3) is 0 Å². The van der Waals surface area contributed by atoms with Crippen molar-refractivity contribution in [3.05, 3.63) is 12.7 Å². The summed E-state index contributed by atoms with van der Waals surface area (Å²) in [4.78, 5) is 0. The van der Waals surface area contributed by atoms with E-state index in [1.807, 2.05) is 16.3 Å². The van der Waals surface area contributed by atoms with Crippen molar-refractivity contribution in [2.24, 2.45) is 0 Å². The molecule has 0 aliphatic heterocycles. The molecule has 0 heterocycles. The number of allylic oxidation sites excluding steroid dienone is 1. The maximum Gasteiger partial charge on any atom is -0.106 e.